The number of carbonyl (C=O) groups excluding carboxylic acids is 1. The lowest BCUT2D eigenvalue weighted by atomic mass is 9.95. The number of nitrogens with one attached hydrogen (secondary N) is 1. The third kappa shape index (κ3) is 4.09. The topological polar surface area (TPSA) is 29.1 Å². The Balaban J connectivity index is 1.27. The summed E-state index contributed by atoms with van der Waals surface area (Å²) in [6.07, 6.45) is 5.17. The fraction of sp³-hybridized carbons (Fsp3) is 0.409. The fourth-order valence-electron chi connectivity index (χ4n) is 4.29. The maximum atomic E-state index is 12.5. The van der Waals surface area contributed by atoms with Crippen LogP contribution in [0.15, 0.2) is 54.6 Å². The third-order valence-corrected chi connectivity index (χ3v) is 6.73. The molecule has 3 heteroatoms. The molecule has 2 aromatic rings. The number of hydrogen-bond acceptors (Lipinski definition) is 2. The zero-order valence-electron chi connectivity index (χ0n) is 14.5. The summed E-state index contributed by atoms with van der Waals surface area (Å²) in [6.45, 7) is 0. The first-order chi connectivity index (χ1) is 12.3. The number of carbonyl (C=O) groups is 1. The molecule has 0 radical (unpaired) electrons. The Labute approximate surface area is 154 Å². The lowest BCUT2D eigenvalue weighted by Gasteiger charge is -2.22. The standard InChI is InChI=1S/C22H25NOS/c24-22(23-21-13-18-8-11-20(21)12-18)19-9-6-17(7-10-19)15-25-14-16-4-2-1-3-5-16/h1-7,9-10,18,20-21H,8,11-15H2,(H,23,24)/t18-,20-,21-/m0/s1. The minimum Gasteiger partial charge on any atom is -0.349 e. The van der Waals surface area contributed by atoms with Crippen molar-refractivity contribution in [3.8, 4) is 0 Å². The van der Waals surface area contributed by atoms with E-state index in [2.05, 4.69) is 47.8 Å². The van der Waals surface area contributed by atoms with Crippen molar-refractivity contribution in [2.24, 2.45) is 11.8 Å². The van der Waals surface area contributed by atoms with Gasteiger partial charge in [0.15, 0.2) is 0 Å². The van der Waals surface area contributed by atoms with Crippen molar-refractivity contribution in [1.82, 2.24) is 5.32 Å². The molecule has 130 valence electrons. The highest BCUT2D eigenvalue weighted by Gasteiger charge is 2.40. The van der Waals surface area contributed by atoms with E-state index in [4.69, 9.17) is 0 Å². The zero-order valence-corrected chi connectivity index (χ0v) is 15.3. The van der Waals surface area contributed by atoms with Crippen molar-refractivity contribution < 1.29 is 4.79 Å². The predicted molar refractivity (Wildman–Crippen MR) is 105 cm³/mol. The van der Waals surface area contributed by atoms with Crippen molar-refractivity contribution >= 4 is 17.7 Å². The lowest BCUT2D eigenvalue weighted by molar-refractivity contribution is 0.0923. The van der Waals surface area contributed by atoms with E-state index in [0.717, 1.165) is 28.9 Å². The minimum atomic E-state index is 0.0982. The summed E-state index contributed by atoms with van der Waals surface area (Å²) in [6, 6.07) is 19.1. The molecular formula is C22H25NOS. The molecule has 1 N–H and O–H groups in total. The summed E-state index contributed by atoms with van der Waals surface area (Å²) in [5.41, 5.74) is 3.42. The first-order valence-corrected chi connectivity index (χ1v) is 10.4. The highest BCUT2D eigenvalue weighted by Crippen LogP contribution is 2.44. The van der Waals surface area contributed by atoms with E-state index in [1.165, 1.54) is 36.8 Å². The van der Waals surface area contributed by atoms with Gasteiger partial charge < -0.3 is 5.32 Å². The van der Waals surface area contributed by atoms with Gasteiger partial charge >= 0.3 is 0 Å². The van der Waals surface area contributed by atoms with E-state index >= 15 is 0 Å². The van der Waals surface area contributed by atoms with Gasteiger partial charge in [-0.25, -0.2) is 0 Å². The maximum Gasteiger partial charge on any atom is 0.251 e. The molecule has 4 rings (SSSR count). The molecule has 0 heterocycles. The quantitative estimate of drug-likeness (QED) is 0.790. The summed E-state index contributed by atoms with van der Waals surface area (Å²) in [4.78, 5) is 12.5. The second kappa shape index (κ2) is 7.65. The van der Waals surface area contributed by atoms with Crippen molar-refractivity contribution in [3.05, 3.63) is 71.3 Å². The molecule has 25 heavy (non-hydrogen) atoms. The van der Waals surface area contributed by atoms with Crippen LogP contribution in [0.5, 0.6) is 0 Å². The van der Waals surface area contributed by atoms with Crippen molar-refractivity contribution in [3.63, 3.8) is 0 Å². The average molecular weight is 352 g/mol. The van der Waals surface area contributed by atoms with Gasteiger partial charge in [-0.1, -0.05) is 48.9 Å². The largest absolute Gasteiger partial charge is 0.349 e. The molecule has 2 saturated carbocycles. The molecule has 0 aliphatic heterocycles. The SMILES string of the molecule is O=C(N[C@H]1C[C@H]2CC[C@H]1C2)c1ccc(CSCc2ccccc2)cc1. The molecule has 3 atom stereocenters. The van der Waals surface area contributed by atoms with Crippen LogP contribution in [0.25, 0.3) is 0 Å². The Bertz CT molecular complexity index is 713. The number of amides is 1. The van der Waals surface area contributed by atoms with Crippen LogP contribution in [0.1, 0.15) is 47.2 Å². The maximum absolute atomic E-state index is 12.5. The van der Waals surface area contributed by atoms with Gasteiger partial charge in [0.1, 0.15) is 0 Å². The predicted octanol–water partition coefficient (Wildman–Crippen LogP) is 5.04. The van der Waals surface area contributed by atoms with Crippen LogP contribution in [0.2, 0.25) is 0 Å². The van der Waals surface area contributed by atoms with Crippen molar-refractivity contribution in [2.75, 3.05) is 0 Å². The Morgan fingerprint density at radius 2 is 1.64 bits per heavy atom. The smallest absolute Gasteiger partial charge is 0.251 e. The van der Waals surface area contributed by atoms with Crippen LogP contribution in [0, 0.1) is 11.8 Å². The van der Waals surface area contributed by atoms with Gasteiger partial charge in [-0.15, -0.1) is 0 Å². The van der Waals surface area contributed by atoms with E-state index in [1.807, 2.05) is 23.9 Å². The number of benzene rings is 2. The van der Waals surface area contributed by atoms with Gasteiger partial charge in [-0.05, 0) is 54.4 Å². The zero-order chi connectivity index (χ0) is 17.1. The van der Waals surface area contributed by atoms with Gasteiger partial charge in [0, 0.05) is 23.1 Å². The summed E-state index contributed by atoms with van der Waals surface area (Å²) >= 11 is 1.91. The first-order valence-electron chi connectivity index (χ1n) is 9.29. The average Bonchev–Trinajstić information content (AvgIpc) is 3.26. The van der Waals surface area contributed by atoms with Gasteiger partial charge in [-0.2, -0.15) is 11.8 Å². The van der Waals surface area contributed by atoms with Crippen molar-refractivity contribution in [1.29, 1.82) is 0 Å². The van der Waals surface area contributed by atoms with Crippen molar-refractivity contribution in [2.45, 2.75) is 43.2 Å². The van der Waals surface area contributed by atoms with Crippen LogP contribution < -0.4 is 5.32 Å². The van der Waals surface area contributed by atoms with Crippen LogP contribution in [0.4, 0.5) is 0 Å². The molecule has 2 aliphatic rings. The highest BCUT2D eigenvalue weighted by molar-refractivity contribution is 7.97. The molecule has 2 aromatic carbocycles. The normalized spacial score (nSPS) is 24.4. The lowest BCUT2D eigenvalue weighted by Crippen LogP contribution is -2.38. The molecular weight excluding hydrogens is 326 g/mol. The summed E-state index contributed by atoms with van der Waals surface area (Å²) in [5, 5.41) is 3.27. The molecule has 1 amide bonds. The molecule has 0 unspecified atom stereocenters. The molecule has 2 bridgehead atoms. The second-order valence-corrected chi connectivity index (χ2v) is 8.42. The summed E-state index contributed by atoms with van der Waals surface area (Å²) in [5.74, 6) is 3.68. The number of rotatable bonds is 6. The van der Waals surface area contributed by atoms with Gasteiger partial charge in [0.2, 0.25) is 0 Å². The van der Waals surface area contributed by atoms with Crippen LogP contribution in [-0.2, 0) is 11.5 Å². The molecule has 0 spiro atoms. The van der Waals surface area contributed by atoms with Gasteiger partial charge in [0.25, 0.3) is 5.91 Å². The monoisotopic (exact) mass is 351 g/mol. The number of hydrogen-bond donors (Lipinski definition) is 1. The van der Waals surface area contributed by atoms with E-state index in [1.54, 1.807) is 0 Å². The Morgan fingerprint density at radius 3 is 2.28 bits per heavy atom. The minimum absolute atomic E-state index is 0.0982. The molecule has 0 aromatic heterocycles. The fourth-order valence-corrected chi connectivity index (χ4v) is 5.24. The third-order valence-electron chi connectivity index (χ3n) is 5.65. The molecule has 2 fully saturated rings. The van der Waals surface area contributed by atoms with E-state index in [-0.39, 0.29) is 5.91 Å². The Morgan fingerprint density at radius 1 is 0.920 bits per heavy atom. The molecule has 2 aliphatic carbocycles. The Hall–Kier alpha value is -1.74. The van der Waals surface area contributed by atoms with E-state index < -0.39 is 0 Å². The van der Waals surface area contributed by atoms with E-state index in [0.29, 0.717) is 6.04 Å². The second-order valence-electron chi connectivity index (χ2n) is 7.43. The molecule has 2 nitrogen and oxygen atoms in total. The van der Waals surface area contributed by atoms with Gasteiger partial charge in [0.05, 0.1) is 0 Å². The van der Waals surface area contributed by atoms with Crippen LogP contribution in [-0.4, -0.2) is 11.9 Å². The first kappa shape index (κ1) is 16.7. The number of fused-ring (bicyclic) bond motifs is 2. The highest BCUT2D eigenvalue weighted by atomic mass is 32.2. The van der Waals surface area contributed by atoms with Crippen LogP contribution >= 0.6 is 11.8 Å². The summed E-state index contributed by atoms with van der Waals surface area (Å²) < 4.78 is 0. The molecule has 0 saturated heterocycles. The van der Waals surface area contributed by atoms with Crippen LogP contribution in [0.3, 0.4) is 0 Å². The summed E-state index contributed by atoms with van der Waals surface area (Å²) in [7, 11) is 0. The van der Waals surface area contributed by atoms with Gasteiger partial charge in [-0.3, -0.25) is 4.79 Å². The Kier molecular flexibility index (Phi) is 5.12. The number of thioether (sulfide) groups is 1. The van der Waals surface area contributed by atoms with E-state index in [9.17, 15) is 4.79 Å².